The van der Waals surface area contributed by atoms with E-state index < -0.39 is 0 Å². The molecule has 0 aliphatic rings. The molecule has 0 unspecified atom stereocenters. The molecule has 0 fully saturated rings. The molecule has 0 atom stereocenters. The van der Waals surface area contributed by atoms with Gasteiger partial charge in [0.05, 0.1) is 11.0 Å². The molecule has 2 heterocycles. The molecule has 0 radical (unpaired) electrons. The fraction of sp³-hybridized carbons (Fsp3) is 0.0833. The van der Waals surface area contributed by atoms with E-state index >= 15 is 0 Å². The summed E-state index contributed by atoms with van der Waals surface area (Å²) in [5.41, 5.74) is 3.23. The highest BCUT2D eigenvalue weighted by Gasteiger charge is 2.06. The average molecular weight is 368 g/mol. The Morgan fingerprint density at radius 1 is 1.22 bits per heavy atom. The Bertz CT molecular complexity index is 693. The number of aromatic amines is 1. The normalized spacial score (nSPS) is 11.0. The number of imidazole rings is 1. The lowest BCUT2D eigenvalue weighted by molar-refractivity contribution is 0.945. The third-order valence-corrected chi connectivity index (χ3v) is 3.74. The predicted molar refractivity (Wildman–Crippen MR) is 79.7 cm³/mol. The number of aromatic nitrogens is 4. The molecule has 1 aromatic carbocycles. The number of nitrogens with zero attached hydrogens (tertiary/aromatic N) is 3. The van der Waals surface area contributed by atoms with Gasteiger partial charge in [-0.3, -0.25) is 0 Å². The zero-order chi connectivity index (χ0) is 12.5. The van der Waals surface area contributed by atoms with E-state index in [2.05, 4.69) is 61.6 Å². The molecule has 0 aliphatic heterocycles. The summed E-state index contributed by atoms with van der Waals surface area (Å²) in [4.78, 5) is 16.3. The molecular weight excluding hydrogens is 359 g/mol. The van der Waals surface area contributed by atoms with Gasteiger partial charge < -0.3 is 4.98 Å². The first-order chi connectivity index (χ1) is 8.70. The van der Waals surface area contributed by atoms with Gasteiger partial charge in [0.1, 0.15) is 0 Å². The van der Waals surface area contributed by atoms with E-state index in [1.807, 2.05) is 6.07 Å². The second kappa shape index (κ2) is 4.85. The van der Waals surface area contributed by atoms with Gasteiger partial charge in [-0.05, 0) is 59.0 Å². The summed E-state index contributed by atoms with van der Waals surface area (Å²) in [6.45, 7) is 2.06. The van der Waals surface area contributed by atoms with E-state index in [0.717, 1.165) is 19.8 Å². The van der Waals surface area contributed by atoms with Crippen LogP contribution < -0.4 is 0 Å². The lowest BCUT2D eigenvalue weighted by Crippen LogP contribution is -1.86. The summed E-state index contributed by atoms with van der Waals surface area (Å²) >= 11 is 3.62. The predicted octanol–water partition coefficient (Wildman–Crippen LogP) is 3.42. The van der Waals surface area contributed by atoms with Crippen LogP contribution in [0, 0.1) is 10.5 Å². The Kier molecular flexibility index (Phi) is 3.21. The van der Waals surface area contributed by atoms with Crippen LogP contribution in [0.4, 0.5) is 0 Å². The second-order valence-electron chi connectivity index (χ2n) is 3.85. The summed E-state index contributed by atoms with van der Waals surface area (Å²) in [6.07, 6.45) is 3.59. The topological polar surface area (TPSA) is 54.5 Å². The van der Waals surface area contributed by atoms with Crippen LogP contribution in [-0.4, -0.2) is 19.9 Å². The minimum Gasteiger partial charge on any atom is -0.333 e. The summed E-state index contributed by atoms with van der Waals surface area (Å²) in [5, 5.41) is 1.52. The van der Waals surface area contributed by atoms with Crippen molar-refractivity contribution in [3.8, 4) is 0 Å². The number of nitrogens with one attached hydrogen (secondary N) is 1. The lowest BCUT2D eigenvalue weighted by atomic mass is 10.2. The maximum atomic E-state index is 4.50. The SMILES string of the molecule is Cc1ccc2nc(Sc3ncc(I)cn3)[nH]c2c1. The van der Waals surface area contributed by atoms with Gasteiger partial charge in [-0.25, -0.2) is 15.0 Å². The standard InChI is InChI=1S/C12H9IN4S/c1-7-2-3-9-10(4-7)17-12(16-9)18-11-14-5-8(13)6-15-11/h2-6H,1H3,(H,16,17). The first-order valence-electron chi connectivity index (χ1n) is 5.32. The summed E-state index contributed by atoms with van der Waals surface area (Å²) < 4.78 is 1.03. The van der Waals surface area contributed by atoms with E-state index in [9.17, 15) is 0 Å². The molecule has 18 heavy (non-hydrogen) atoms. The van der Waals surface area contributed by atoms with Crippen LogP contribution >= 0.6 is 34.4 Å². The van der Waals surface area contributed by atoms with Crippen molar-refractivity contribution >= 4 is 45.4 Å². The number of fused-ring (bicyclic) bond motifs is 1. The molecule has 1 N–H and O–H groups in total. The van der Waals surface area contributed by atoms with Crippen LogP contribution in [0.3, 0.4) is 0 Å². The fourth-order valence-electron chi connectivity index (χ4n) is 1.59. The van der Waals surface area contributed by atoms with Gasteiger partial charge in [-0.15, -0.1) is 0 Å². The van der Waals surface area contributed by atoms with E-state index in [4.69, 9.17) is 0 Å². The van der Waals surface area contributed by atoms with Crippen molar-refractivity contribution in [3.05, 3.63) is 39.7 Å². The minimum atomic E-state index is 0.700. The van der Waals surface area contributed by atoms with E-state index in [1.54, 1.807) is 12.4 Å². The molecule has 3 rings (SSSR count). The van der Waals surface area contributed by atoms with Crippen LogP contribution in [0.25, 0.3) is 11.0 Å². The molecule has 6 heteroatoms. The van der Waals surface area contributed by atoms with Gasteiger partial charge in [-0.2, -0.15) is 0 Å². The van der Waals surface area contributed by atoms with Crippen LogP contribution in [0.15, 0.2) is 40.9 Å². The Morgan fingerprint density at radius 3 is 2.78 bits per heavy atom. The van der Waals surface area contributed by atoms with Crippen molar-refractivity contribution in [2.24, 2.45) is 0 Å². The van der Waals surface area contributed by atoms with Crippen molar-refractivity contribution in [2.75, 3.05) is 0 Å². The Labute approximate surface area is 122 Å². The number of rotatable bonds is 2. The van der Waals surface area contributed by atoms with Crippen molar-refractivity contribution in [3.63, 3.8) is 0 Å². The van der Waals surface area contributed by atoms with Crippen molar-refractivity contribution in [1.82, 2.24) is 19.9 Å². The monoisotopic (exact) mass is 368 g/mol. The van der Waals surface area contributed by atoms with E-state index in [-0.39, 0.29) is 0 Å². The molecule has 4 nitrogen and oxygen atoms in total. The van der Waals surface area contributed by atoms with Gasteiger partial charge in [0.25, 0.3) is 0 Å². The third kappa shape index (κ3) is 2.49. The van der Waals surface area contributed by atoms with Crippen LogP contribution in [0.1, 0.15) is 5.56 Å². The van der Waals surface area contributed by atoms with E-state index in [0.29, 0.717) is 5.16 Å². The Balaban J connectivity index is 1.92. The Hall–Kier alpha value is -1.15. The maximum absolute atomic E-state index is 4.50. The van der Waals surface area contributed by atoms with Crippen LogP contribution in [0.2, 0.25) is 0 Å². The number of benzene rings is 1. The number of hydrogen-bond donors (Lipinski definition) is 1. The van der Waals surface area contributed by atoms with Gasteiger partial charge >= 0.3 is 0 Å². The van der Waals surface area contributed by atoms with Crippen molar-refractivity contribution in [2.45, 2.75) is 17.2 Å². The van der Waals surface area contributed by atoms with Gasteiger partial charge in [0.2, 0.25) is 0 Å². The molecule has 90 valence electrons. The van der Waals surface area contributed by atoms with Crippen molar-refractivity contribution in [1.29, 1.82) is 0 Å². The van der Waals surface area contributed by atoms with Crippen LogP contribution in [0.5, 0.6) is 0 Å². The quantitative estimate of drug-likeness (QED) is 0.556. The molecule has 0 saturated carbocycles. The molecule has 0 bridgehead atoms. The Morgan fingerprint density at radius 2 is 2.00 bits per heavy atom. The number of halogens is 1. The number of aryl methyl sites for hydroxylation is 1. The summed E-state index contributed by atoms with van der Waals surface area (Å²) in [7, 11) is 0. The molecule has 0 aliphatic carbocycles. The average Bonchev–Trinajstić information content (AvgIpc) is 2.73. The van der Waals surface area contributed by atoms with Gasteiger partial charge in [-0.1, -0.05) is 6.07 Å². The van der Waals surface area contributed by atoms with Gasteiger partial charge in [0.15, 0.2) is 10.3 Å². The summed E-state index contributed by atoms with van der Waals surface area (Å²) in [5.74, 6) is 0. The largest absolute Gasteiger partial charge is 0.333 e. The molecule has 0 amide bonds. The lowest BCUT2D eigenvalue weighted by Gasteiger charge is -1.95. The highest BCUT2D eigenvalue weighted by atomic mass is 127. The smallest absolute Gasteiger partial charge is 0.195 e. The van der Waals surface area contributed by atoms with Crippen molar-refractivity contribution < 1.29 is 0 Å². The molecule has 3 aromatic rings. The first-order valence-corrected chi connectivity index (χ1v) is 7.22. The summed E-state index contributed by atoms with van der Waals surface area (Å²) in [6, 6.07) is 6.15. The maximum Gasteiger partial charge on any atom is 0.195 e. The molecule has 2 aromatic heterocycles. The zero-order valence-corrected chi connectivity index (χ0v) is 12.5. The molecule has 0 spiro atoms. The second-order valence-corrected chi connectivity index (χ2v) is 6.05. The first kappa shape index (κ1) is 11.9. The van der Waals surface area contributed by atoms with E-state index in [1.165, 1.54) is 17.3 Å². The number of hydrogen-bond acceptors (Lipinski definition) is 4. The minimum absolute atomic E-state index is 0.700. The third-order valence-electron chi connectivity index (χ3n) is 2.40. The van der Waals surface area contributed by atoms with Gasteiger partial charge in [0, 0.05) is 16.0 Å². The molecular formula is C12H9IN4S. The molecule has 0 saturated heterocycles. The van der Waals surface area contributed by atoms with Crippen LogP contribution in [-0.2, 0) is 0 Å². The highest BCUT2D eigenvalue weighted by molar-refractivity contribution is 14.1. The zero-order valence-electron chi connectivity index (χ0n) is 9.51. The fourth-order valence-corrected chi connectivity index (χ4v) is 2.56. The number of H-pyrrole nitrogens is 1. The highest BCUT2D eigenvalue weighted by Crippen LogP contribution is 2.24.